The second-order valence-electron chi connectivity index (χ2n) is 7.60. The number of ether oxygens (including phenoxy) is 1. The zero-order chi connectivity index (χ0) is 20.0. The molecule has 1 N–H and O–H groups in total. The van der Waals surface area contributed by atoms with Gasteiger partial charge in [0, 0.05) is 5.69 Å². The van der Waals surface area contributed by atoms with E-state index in [-0.39, 0.29) is 6.09 Å². The number of amides is 1. The number of hydrogen-bond donors (Lipinski definition) is 1. The summed E-state index contributed by atoms with van der Waals surface area (Å²) in [4.78, 5) is 11.9. The van der Waals surface area contributed by atoms with Crippen LogP contribution in [0.15, 0.2) is 48.5 Å². The number of carbonyl (C=O) groups excluding carboxylic acids is 1. The third kappa shape index (κ3) is 9.07. The first-order valence-corrected chi connectivity index (χ1v) is 10.8. The number of anilines is 1. The molecule has 3 heteroatoms. The zero-order valence-electron chi connectivity index (χ0n) is 17.5. The van der Waals surface area contributed by atoms with Crippen LogP contribution in [0.25, 0.3) is 0 Å². The Labute approximate surface area is 170 Å². The number of rotatable bonds is 12. The number of nitrogens with one attached hydrogen (secondary N) is 1. The van der Waals surface area contributed by atoms with E-state index in [1.807, 2.05) is 24.3 Å². The summed E-state index contributed by atoms with van der Waals surface area (Å²) in [5.74, 6) is 0. The van der Waals surface area contributed by atoms with Crippen molar-refractivity contribution in [3.05, 3.63) is 65.2 Å². The molecule has 2 aromatic rings. The van der Waals surface area contributed by atoms with Crippen molar-refractivity contribution >= 4 is 11.8 Å². The lowest BCUT2D eigenvalue weighted by atomic mass is 10.0. The Morgan fingerprint density at radius 3 is 1.93 bits per heavy atom. The summed E-state index contributed by atoms with van der Waals surface area (Å²) in [5, 5.41) is 2.80. The van der Waals surface area contributed by atoms with Crippen LogP contribution in [-0.2, 0) is 11.2 Å². The highest BCUT2D eigenvalue weighted by atomic mass is 16.5. The van der Waals surface area contributed by atoms with Gasteiger partial charge in [-0.2, -0.15) is 0 Å². The normalized spacial score (nSPS) is 10.6. The van der Waals surface area contributed by atoms with Gasteiger partial charge in [0.2, 0.25) is 0 Å². The summed E-state index contributed by atoms with van der Waals surface area (Å²) < 4.78 is 5.28. The van der Waals surface area contributed by atoms with E-state index in [4.69, 9.17) is 4.74 Å². The standard InChI is InChI=1S/C25H35NO2/c1-3-4-5-6-7-8-9-10-19-28-25(27)26-24-17-15-23(16-18-24)20-22-13-11-21(2)12-14-22/h11-18H,3-10,19-20H2,1-2H3,(H,26,27). The molecule has 0 fully saturated rings. The van der Waals surface area contributed by atoms with E-state index in [0.29, 0.717) is 6.61 Å². The molecular weight excluding hydrogens is 346 g/mol. The van der Waals surface area contributed by atoms with Crippen LogP contribution in [0, 0.1) is 6.92 Å². The fraction of sp³-hybridized carbons (Fsp3) is 0.480. The van der Waals surface area contributed by atoms with Gasteiger partial charge in [-0.3, -0.25) is 5.32 Å². The van der Waals surface area contributed by atoms with E-state index in [1.54, 1.807) is 0 Å². The molecule has 0 bridgehead atoms. The topological polar surface area (TPSA) is 38.3 Å². The van der Waals surface area contributed by atoms with Crippen molar-refractivity contribution in [3.63, 3.8) is 0 Å². The molecule has 2 aromatic carbocycles. The quantitative estimate of drug-likeness (QED) is 0.392. The number of benzene rings is 2. The van der Waals surface area contributed by atoms with Crippen molar-refractivity contribution in [1.82, 2.24) is 0 Å². The average Bonchev–Trinajstić information content (AvgIpc) is 2.70. The summed E-state index contributed by atoms with van der Waals surface area (Å²) in [6.45, 7) is 4.83. The molecule has 2 rings (SSSR count). The molecule has 0 saturated carbocycles. The molecule has 28 heavy (non-hydrogen) atoms. The van der Waals surface area contributed by atoms with Crippen molar-refractivity contribution in [3.8, 4) is 0 Å². The minimum atomic E-state index is -0.366. The molecule has 0 spiro atoms. The largest absolute Gasteiger partial charge is 0.449 e. The van der Waals surface area contributed by atoms with Crippen LogP contribution in [-0.4, -0.2) is 12.7 Å². The summed E-state index contributed by atoms with van der Waals surface area (Å²) in [5.41, 5.74) is 4.56. The van der Waals surface area contributed by atoms with Crippen LogP contribution in [0.2, 0.25) is 0 Å². The first-order chi connectivity index (χ1) is 13.7. The molecule has 0 unspecified atom stereocenters. The van der Waals surface area contributed by atoms with Gasteiger partial charge < -0.3 is 4.74 Å². The van der Waals surface area contributed by atoms with Crippen LogP contribution in [0.5, 0.6) is 0 Å². The van der Waals surface area contributed by atoms with E-state index in [0.717, 1.165) is 24.9 Å². The molecule has 0 aromatic heterocycles. The predicted octanol–water partition coefficient (Wildman–Crippen LogP) is 7.28. The van der Waals surface area contributed by atoms with Gasteiger partial charge in [-0.1, -0.05) is 93.8 Å². The van der Waals surface area contributed by atoms with Gasteiger partial charge >= 0.3 is 6.09 Å². The van der Waals surface area contributed by atoms with Crippen molar-refractivity contribution in [2.24, 2.45) is 0 Å². The van der Waals surface area contributed by atoms with Gasteiger partial charge in [-0.15, -0.1) is 0 Å². The minimum Gasteiger partial charge on any atom is -0.449 e. The molecule has 1 amide bonds. The van der Waals surface area contributed by atoms with E-state index in [9.17, 15) is 4.79 Å². The van der Waals surface area contributed by atoms with E-state index < -0.39 is 0 Å². The van der Waals surface area contributed by atoms with Gasteiger partial charge in [0.15, 0.2) is 0 Å². The average molecular weight is 382 g/mol. The molecule has 152 valence electrons. The Hall–Kier alpha value is -2.29. The van der Waals surface area contributed by atoms with Crippen LogP contribution < -0.4 is 5.32 Å². The molecule has 3 nitrogen and oxygen atoms in total. The van der Waals surface area contributed by atoms with Crippen molar-refractivity contribution in [2.45, 2.75) is 71.6 Å². The molecule has 0 atom stereocenters. The Balaban J connectivity index is 1.60. The molecule has 0 aliphatic carbocycles. The van der Waals surface area contributed by atoms with E-state index >= 15 is 0 Å². The summed E-state index contributed by atoms with van der Waals surface area (Å²) in [6.07, 6.45) is 10.4. The first-order valence-electron chi connectivity index (χ1n) is 10.8. The van der Waals surface area contributed by atoms with E-state index in [1.165, 1.54) is 55.2 Å². The highest BCUT2D eigenvalue weighted by Gasteiger charge is 2.04. The Morgan fingerprint density at radius 1 is 0.786 bits per heavy atom. The Kier molecular flexibility index (Phi) is 10.2. The second-order valence-corrected chi connectivity index (χ2v) is 7.60. The molecule has 0 aliphatic heterocycles. The highest BCUT2D eigenvalue weighted by molar-refractivity contribution is 5.84. The van der Waals surface area contributed by atoms with Crippen molar-refractivity contribution in [2.75, 3.05) is 11.9 Å². The monoisotopic (exact) mass is 381 g/mol. The summed E-state index contributed by atoms with van der Waals surface area (Å²) >= 11 is 0. The third-order valence-corrected chi connectivity index (χ3v) is 4.96. The van der Waals surface area contributed by atoms with Gasteiger partial charge in [0.1, 0.15) is 0 Å². The molecule has 0 radical (unpaired) electrons. The third-order valence-electron chi connectivity index (χ3n) is 4.96. The van der Waals surface area contributed by atoms with E-state index in [2.05, 4.69) is 43.4 Å². The van der Waals surface area contributed by atoms with Crippen molar-refractivity contribution < 1.29 is 9.53 Å². The molecule has 0 aliphatic rings. The first kappa shape index (κ1) is 22.0. The van der Waals surface area contributed by atoms with Crippen molar-refractivity contribution in [1.29, 1.82) is 0 Å². The maximum Gasteiger partial charge on any atom is 0.411 e. The van der Waals surface area contributed by atoms with Crippen LogP contribution in [0.3, 0.4) is 0 Å². The second kappa shape index (κ2) is 13.0. The van der Waals surface area contributed by atoms with Gasteiger partial charge in [0.25, 0.3) is 0 Å². The number of hydrogen-bond acceptors (Lipinski definition) is 2. The number of aryl methyl sites for hydroxylation is 1. The maximum absolute atomic E-state index is 11.9. The fourth-order valence-corrected chi connectivity index (χ4v) is 3.20. The Morgan fingerprint density at radius 2 is 1.32 bits per heavy atom. The lowest BCUT2D eigenvalue weighted by Crippen LogP contribution is -2.14. The van der Waals surface area contributed by atoms with Crippen LogP contribution in [0.4, 0.5) is 10.5 Å². The van der Waals surface area contributed by atoms with Crippen LogP contribution >= 0.6 is 0 Å². The van der Waals surface area contributed by atoms with Crippen LogP contribution in [0.1, 0.15) is 75.0 Å². The maximum atomic E-state index is 11.9. The predicted molar refractivity (Wildman–Crippen MR) is 118 cm³/mol. The lowest BCUT2D eigenvalue weighted by Gasteiger charge is -2.08. The Bertz CT molecular complexity index is 677. The summed E-state index contributed by atoms with van der Waals surface area (Å²) in [7, 11) is 0. The molecular formula is C25H35NO2. The zero-order valence-corrected chi connectivity index (χ0v) is 17.5. The lowest BCUT2D eigenvalue weighted by molar-refractivity contribution is 0.159. The van der Waals surface area contributed by atoms with Gasteiger partial charge in [-0.25, -0.2) is 4.79 Å². The SMILES string of the molecule is CCCCCCCCCCOC(=O)Nc1ccc(Cc2ccc(C)cc2)cc1. The van der Waals surface area contributed by atoms with Gasteiger partial charge in [-0.05, 0) is 43.0 Å². The smallest absolute Gasteiger partial charge is 0.411 e. The summed E-state index contributed by atoms with van der Waals surface area (Å²) in [6, 6.07) is 16.5. The minimum absolute atomic E-state index is 0.366. The van der Waals surface area contributed by atoms with Gasteiger partial charge in [0.05, 0.1) is 6.61 Å². The molecule has 0 saturated heterocycles. The fourth-order valence-electron chi connectivity index (χ4n) is 3.20. The number of carbonyl (C=O) groups is 1. The highest BCUT2D eigenvalue weighted by Crippen LogP contribution is 2.15. The molecule has 0 heterocycles. The number of unbranched alkanes of at least 4 members (excludes halogenated alkanes) is 7.